The molecule has 0 saturated carbocycles. The highest BCUT2D eigenvalue weighted by Gasteiger charge is 2.20. The molecule has 0 aliphatic carbocycles. The number of anilines is 3. The molecule has 0 radical (unpaired) electrons. The molecule has 2 saturated heterocycles. The first-order chi connectivity index (χ1) is 9.74. The van der Waals surface area contributed by atoms with Crippen LogP contribution in [0.2, 0.25) is 0 Å². The molecule has 0 spiro atoms. The van der Waals surface area contributed by atoms with Gasteiger partial charge in [-0.2, -0.15) is 0 Å². The minimum Gasteiger partial charge on any atom is -0.393 e. The number of nitrogens with two attached hydrogens (primary N) is 1. The predicted octanol–water partition coefficient (Wildman–Crippen LogP) is 0.233. The number of piperazine rings is 1. The zero-order valence-corrected chi connectivity index (χ0v) is 12.0. The SMILES string of the molecule is CN1CCN(Nc2ncnc(N3CCCC3)c2N)CC1. The van der Waals surface area contributed by atoms with Crippen LogP contribution in [0.15, 0.2) is 6.33 Å². The second kappa shape index (κ2) is 5.80. The van der Waals surface area contributed by atoms with Crippen molar-refractivity contribution in [1.29, 1.82) is 0 Å². The first-order valence-corrected chi connectivity index (χ1v) is 7.29. The molecule has 3 N–H and O–H groups in total. The Bertz CT molecular complexity index is 450. The Morgan fingerprint density at radius 3 is 2.45 bits per heavy atom. The van der Waals surface area contributed by atoms with Crippen molar-refractivity contribution in [3.05, 3.63) is 6.33 Å². The average molecular weight is 277 g/mol. The third-order valence-corrected chi connectivity index (χ3v) is 4.04. The van der Waals surface area contributed by atoms with Crippen molar-refractivity contribution < 1.29 is 0 Å². The lowest BCUT2D eigenvalue weighted by molar-refractivity contribution is 0.178. The molecule has 1 aromatic rings. The molecular weight excluding hydrogens is 254 g/mol. The van der Waals surface area contributed by atoms with E-state index >= 15 is 0 Å². The van der Waals surface area contributed by atoms with E-state index in [2.05, 4.69) is 37.3 Å². The molecule has 0 aromatic carbocycles. The van der Waals surface area contributed by atoms with Crippen LogP contribution in [0, 0.1) is 0 Å². The second-order valence-corrected chi connectivity index (χ2v) is 5.56. The molecule has 0 unspecified atom stereocenters. The van der Waals surface area contributed by atoms with Gasteiger partial charge in [-0.15, -0.1) is 0 Å². The maximum absolute atomic E-state index is 6.24. The highest BCUT2D eigenvalue weighted by Crippen LogP contribution is 2.28. The lowest BCUT2D eigenvalue weighted by atomic mass is 10.4. The lowest BCUT2D eigenvalue weighted by Gasteiger charge is -2.33. The van der Waals surface area contributed by atoms with E-state index in [4.69, 9.17) is 5.73 Å². The maximum atomic E-state index is 6.24. The number of hydrazine groups is 1. The van der Waals surface area contributed by atoms with Crippen molar-refractivity contribution in [3.63, 3.8) is 0 Å². The number of nitrogen functional groups attached to an aromatic ring is 1. The molecule has 2 fully saturated rings. The van der Waals surface area contributed by atoms with Gasteiger partial charge < -0.3 is 21.0 Å². The summed E-state index contributed by atoms with van der Waals surface area (Å²) in [5.41, 5.74) is 10.2. The number of rotatable bonds is 3. The summed E-state index contributed by atoms with van der Waals surface area (Å²) in [6.45, 7) is 6.12. The number of hydrogen-bond donors (Lipinski definition) is 2. The summed E-state index contributed by atoms with van der Waals surface area (Å²) in [6, 6.07) is 0. The van der Waals surface area contributed by atoms with Crippen LogP contribution >= 0.6 is 0 Å². The fraction of sp³-hybridized carbons (Fsp3) is 0.692. The van der Waals surface area contributed by atoms with Crippen LogP contribution in [0.4, 0.5) is 17.3 Å². The largest absolute Gasteiger partial charge is 0.393 e. The van der Waals surface area contributed by atoms with Gasteiger partial charge in [-0.05, 0) is 19.9 Å². The van der Waals surface area contributed by atoms with Crippen molar-refractivity contribution >= 4 is 17.3 Å². The summed E-state index contributed by atoms with van der Waals surface area (Å²) in [5.74, 6) is 1.60. The Morgan fingerprint density at radius 1 is 1.05 bits per heavy atom. The van der Waals surface area contributed by atoms with Gasteiger partial charge in [0.1, 0.15) is 12.0 Å². The van der Waals surface area contributed by atoms with E-state index in [0.29, 0.717) is 5.69 Å². The van der Waals surface area contributed by atoms with E-state index in [1.807, 2.05) is 0 Å². The lowest BCUT2D eigenvalue weighted by Crippen LogP contribution is -2.47. The van der Waals surface area contributed by atoms with Gasteiger partial charge in [-0.25, -0.2) is 15.0 Å². The van der Waals surface area contributed by atoms with E-state index in [0.717, 1.165) is 50.9 Å². The van der Waals surface area contributed by atoms with Crippen LogP contribution in [0.5, 0.6) is 0 Å². The van der Waals surface area contributed by atoms with E-state index in [9.17, 15) is 0 Å². The fourth-order valence-corrected chi connectivity index (χ4v) is 2.72. The molecule has 20 heavy (non-hydrogen) atoms. The smallest absolute Gasteiger partial charge is 0.169 e. The topological polar surface area (TPSA) is 73.5 Å². The van der Waals surface area contributed by atoms with Gasteiger partial charge in [0, 0.05) is 39.3 Å². The molecule has 2 aliphatic rings. The average Bonchev–Trinajstić information content (AvgIpc) is 2.97. The van der Waals surface area contributed by atoms with E-state index in [-0.39, 0.29) is 0 Å². The molecule has 0 amide bonds. The Hall–Kier alpha value is -1.60. The first-order valence-electron chi connectivity index (χ1n) is 7.29. The highest BCUT2D eigenvalue weighted by atomic mass is 15.5. The van der Waals surface area contributed by atoms with Crippen molar-refractivity contribution in [2.45, 2.75) is 12.8 Å². The van der Waals surface area contributed by atoms with Crippen LogP contribution in [-0.2, 0) is 0 Å². The quantitative estimate of drug-likeness (QED) is 0.819. The molecule has 3 heterocycles. The molecule has 3 rings (SSSR count). The predicted molar refractivity (Wildman–Crippen MR) is 80.6 cm³/mol. The summed E-state index contributed by atoms with van der Waals surface area (Å²) in [4.78, 5) is 13.2. The molecule has 110 valence electrons. The van der Waals surface area contributed by atoms with Gasteiger partial charge in [0.2, 0.25) is 0 Å². The van der Waals surface area contributed by atoms with Gasteiger partial charge in [0.25, 0.3) is 0 Å². The second-order valence-electron chi connectivity index (χ2n) is 5.56. The Balaban J connectivity index is 1.71. The number of likely N-dealkylation sites (N-methyl/N-ethyl adjacent to an activating group) is 1. The van der Waals surface area contributed by atoms with Gasteiger partial charge in [0.15, 0.2) is 11.6 Å². The van der Waals surface area contributed by atoms with Crippen LogP contribution < -0.4 is 16.1 Å². The van der Waals surface area contributed by atoms with Gasteiger partial charge in [-0.3, -0.25) is 0 Å². The van der Waals surface area contributed by atoms with Crippen LogP contribution in [-0.4, -0.2) is 66.2 Å². The molecule has 7 heteroatoms. The van der Waals surface area contributed by atoms with Crippen molar-refractivity contribution in [1.82, 2.24) is 19.9 Å². The molecule has 0 bridgehead atoms. The normalized spacial score (nSPS) is 21.4. The summed E-state index contributed by atoms with van der Waals surface area (Å²) < 4.78 is 0. The maximum Gasteiger partial charge on any atom is 0.169 e. The molecule has 7 nitrogen and oxygen atoms in total. The van der Waals surface area contributed by atoms with E-state index in [1.54, 1.807) is 6.33 Å². The third kappa shape index (κ3) is 2.78. The van der Waals surface area contributed by atoms with Crippen LogP contribution in [0.25, 0.3) is 0 Å². The minimum absolute atomic E-state index is 0.660. The Morgan fingerprint density at radius 2 is 1.75 bits per heavy atom. The third-order valence-electron chi connectivity index (χ3n) is 4.04. The van der Waals surface area contributed by atoms with Gasteiger partial charge in [-0.1, -0.05) is 0 Å². The number of nitrogens with one attached hydrogen (secondary N) is 1. The minimum atomic E-state index is 0.660. The Kier molecular flexibility index (Phi) is 3.88. The van der Waals surface area contributed by atoms with Crippen molar-refractivity contribution in [2.24, 2.45) is 0 Å². The van der Waals surface area contributed by atoms with Crippen LogP contribution in [0.1, 0.15) is 12.8 Å². The van der Waals surface area contributed by atoms with Crippen LogP contribution in [0.3, 0.4) is 0 Å². The van der Waals surface area contributed by atoms with Gasteiger partial charge >= 0.3 is 0 Å². The highest BCUT2D eigenvalue weighted by molar-refractivity contribution is 5.74. The molecule has 0 atom stereocenters. The number of nitrogens with zero attached hydrogens (tertiary/aromatic N) is 5. The summed E-state index contributed by atoms with van der Waals surface area (Å²) in [7, 11) is 2.14. The number of aromatic nitrogens is 2. The standard InChI is InChI=1S/C13H23N7/c1-18-6-8-20(9-7-18)17-12-11(14)13(16-10-15-12)19-4-2-3-5-19/h10H,2-9,14H2,1H3,(H,15,16,17). The monoisotopic (exact) mass is 277 g/mol. The first kappa shape index (κ1) is 13.4. The summed E-state index contributed by atoms with van der Waals surface area (Å²) in [5, 5.41) is 2.17. The summed E-state index contributed by atoms with van der Waals surface area (Å²) >= 11 is 0. The number of hydrogen-bond acceptors (Lipinski definition) is 7. The molecular formula is C13H23N7. The van der Waals surface area contributed by atoms with Crippen molar-refractivity contribution in [2.75, 3.05) is 62.4 Å². The zero-order valence-electron chi connectivity index (χ0n) is 12.0. The van der Waals surface area contributed by atoms with E-state index in [1.165, 1.54) is 12.8 Å². The molecule has 2 aliphatic heterocycles. The van der Waals surface area contributed by atoms with E-state index < -0.39 is 0 Å². The van der Waals surface area contributed by atoms with Gasteiger partial charge in [0.05, 0.1) is 0 Å². The van der Waals surface area contributed by atoms with Crippen molar-refractivity contribution in [3.8, 4) is 0 Å². The molecule has 1 aromatic heterocycles. The zero-order chi connectivity index (χ0) is 13.9. The summed E-state index contributed by atoms with van der Waals surface area (Å²) in [6.07, 6.45) is 4.03. The Labute approximate surface area is 119 Å². The fourth-order valence-electron chi connectivity index (χ4n) is 2.72.